The van der Waals surface area contributed by atoms with Gasteiger partial charge in [0.05, 0.1) is 6.54 Å². The minimum atomic E-state index is -0.0422. The van der Waals surface area contributed by atoms with Crippen molar-refractivity contribution in [3.05, 3.63) is 52.0 Å². The fourth-order valence-electron chi connectivity index (χ4n) is 4.05. The summed E-state index contributed by atoms with van der Waals surface area (Å²) < 4.78 is 0. The van der Waals surface area contributed by atoms with Crippen LogP contribution in [0.25, 0.3) is 0 Å². The van der Waals surface area contributed by atoms with Gasteiger partial charge >= 0.3 is 0 Å². The van der Waals surface area contributed by atoms with Gasteiger partial charge in [-0.2, -0.15) is 0 Å². The zero-order chi connectivity index (χ0) is 19.9. The Kier molecular flexibility index (Phi) is 7.27. The van der Waals surface area contributed by atoms with Crippen LogP contribution in [0.15, 0.2) is 35.7 Å². The molecule has 1 aromatic carbocycles. The molecule has 1 amide bonds. The largest absolute Gasteiger partial charge is 0.349 e. The number of benzene rings is 1. The number of carbonyl (C=O) groups is 1. The lowest BCUT2D eigenvalue weighted by Gasteiger charge is -2.34. The van der Waals surface area contributed by atoms with E-state index in [1.54, 1.807) is 11.3 Å². The lowest BCUT2D eigenvalue weighted by Crippen LogP contribution is -2.45. The van der Waals surface area contributed by atoms with Crippen molar-refractivity contribution in [3.8, 4) is 0 Å². The number of nitrogens with one attached hydrogen (secondary N) is 1. The highest BCUT2D eigenvalue weighted by Gasteiger charge is 2.19. The Morgan fingerprint density at radius 2 is 1.62 bits per heavy atom. The van der Waals surface area contributed by atoms with E-state index >= 15 is 0 Å². The van der Waals surface area contributed by atoms with Gasteiger partial charge in [0.1, 0.15) is 10.7 Å². The summed E-state index contributed by atoms with van der Waals surface area (Å²) in [5.74, 6) is -0.0422. The van der Waals surface area contributed by atoms with Crippen LogP contribution in [0, 0.1) is 0 Å². The number of carbonyl (C=O) groups excluding carboxylic acids is 1. The van der Waals surface area contributed by atoms with E-state index in [0.29, 0.717) is 12.2 Å². The lowest BCUT2D eigenvalue weighted by atomic mass is 10.2. The average Bonchev–Trinajstić information content (AvgIpc) is 3.42. The van der Waals surface area contributed by atoms with Gasteiger partial charge in [-0.15, -0.1) is 11.3 Å². The van der Waals surface area contributed by atoms with Crippen molar-refractivity contribution in [2.75, 3.05) is 52.4 Å². The van der Waals surface area contributed by atoms with Crippen LogP contribution in [0.3, 0.4) is 0 Å². The van der Waals surface area contributed by atoms with Crippen molar-refractivity contribution >= 4 is 17.2 Å². The maximum atomic E-state index is 12.3. The maximum Gasteiger partial charge on any atom is 0.270 e. The van der Waals surface area contributed by atoms with E-state index in [0.717, 1.165) is 63.9 Å². The van der Waals surface area contributed by atoms with E-state index in [9.17, 15) is 4.79 Å². The minimum Gasteiger partial charge on any atom is -0.349 e. The normalized spacial score (nSPS) is 18.9. The van der Waals surface area contributed by atoms with Crippen molar-refractivity contribution in [3.63, 3.8) is 0 Å². The molecule has 2 saturated heterocycles. The average molecular weight is 414 g/mol. The van der Waals surface area contributed by atoms with Gasteiger partial charge in [0.2, 0.25) is 0 Å². The molecule has 0 atom stereocenters. The lowest BCUT2D eigenvalue weighted by molar-refractivity contribution is 0.0944. The summed E-state index contributed by atoms with van der Waals surface area (Å²) in [6, 6.07) is 10.7. The van der Waals surface area contributed by atoms with Gasteiger partial charge in [-0.25, -0.2) is 4.98 Å². The Balaban J connectivity index is 1.18. The van der Waals surface area contributed by atoms with Crippen LogP contribution in [0.1, 0.15) is 33.9 Å². The Bertz CT molecular complexity index is 767. The van der Waals surface area contributed by atoms with Crippen LogP contribution >= 0.6 is 11.3 Å². The van der Waals surface area contributed by atoms with Gasteiger partial charge in [0.15, 0.2) is 0 Å². The number of nitrogens with zero attached hydrogens (tertiary/aromatic N) is 4. The first-order valence-corrected chi connectivity index (χ1v) is 11.6. The van der Waals surface area contributed by atoms with Gasteiger partial charge in [0, 0.05) is 51.2 Å². The number of piperazine rings is 1. The molecule has 29 heavy (non-hydrogen) atoms. The van der Waals surface area contributed by atoms with Gasteiger partial charge in [-0.05, 0) is 31.5 Å². The Morgan fingerprint density at radius 1 is 0.931 bits per heavy atom. The number of hydrogen-bond acceptors (Lipinski definition) is 6. The third-order valence-electron chi connectivity index (χ3n) is 5.77. The van der Waals surface area contributed by atoms with Crippen LogP contribution in [0.4, 0.5) is 0 Å². The van der Waals surface area contributed by atoms with E-state index in [-0.39, 0.29) is 5.91 Å². The molecule has 2 aliphatic rings. The highest BCUT2D eigenvalue weighted by atomic mass is 32.1. The number of rotatable bonds is 8. The zero-order valence-electron chi connectivity index (χ0n) is 17.1. The summed E-state index contributed by atoms with van der Waals surface area (Å²) in [6.45, 7) is 10.1. The third-order valence-corrected chi connectivity index (χ3v) is 6.60. The predicted octanol–water partition coefficient (Wildman–Crippen LogP) is 2.29. The Labute approximate surface area is 177 Å². The number of amides is 1. The summed E-state index contributed by atoms with van der Waals surface area (Å²) in [6.07, 6.45) is 2.56. The second-order valence-electron chi connectivity index (χ2n) is 7.97. The molecule has 7 heteroatoms. The number of aromatic nitrogens is 1. The molecule has 3 heterocycles. The number of hydrogen-bond donors (Lipinski definition) is 1. The molecule has 2 aromatic rings. The number of thiazole rings is 1. The first-order chi connectivity index (χ1) is 14.3. The van der Waals surface area contributed by atoms with Crippen molar-refractivity contribution in [2.45, 2.75) is 25.9 Å². The molecule has 4 rings (SSSR count). The molecule has 0 aliphatic carbocycles. The van der Waals surface area contributed by atoms with E-state index in [1.807, 2.05) is 5.38 Å². The van der Waals surface area contributed by atoms with Crippen LogP contribution in [-0.2, 0) is 13.1 Å². The number of likely N-dealkylation sites (tertiary alicyclic amines) is 1. The molecule has 1 aromatic heterocycles. The minimum absolute atomic E-state index is 0.0422. The topological polar surface area (TPSA) is 51.7 Å². The highest BCUT2D eigenvalue weighted by Crippen LogP contribution is 2.15. The van der Waals surface area contributed by atoms with Crippen LogP contribution in [-0.4, -0.2) is 77.9 Å². The molecular formula is C22H31N5OS. The summed E-state index contributed by atoms with van der Waals surface area (Å²) in [5.41, 5.74) is 1.94. The summed E-state index contributed by atoms with van der Waals surface area (Å²) in [7, 11) is 0. The van der Waals surface area contributed by atoms with Gasteiger partial charge in [-0.1, -0.05) is 30.3 Å². The fourth-order valence-corrected chi connectivity index (χ4v) is 4.87. The van der Waals surface area contributed by atoms with E-state index in [2.05, 4.69) is 55.3 Å². The molecule has 2 fully saturated rings. The standard InChI is InChI=1S/C22H31N5OS/c28-22(23-8-11-25-9-4-5-10-25)20-18-29-21(24-20)17-27-14-12-26(13-15-27)16-19-6-2-1-3-7-19/h1-3,6-7,18H,4-5,8-17H2,(H,23,28). The van der Waals surface area contributed by atoms with Crippen LogP contribution < -0.4 is 5.32 Å². The Morgan fingerprint density at radius 3 is 2.34 bits per heavy atom. The maximum absolute atomic E-state index is 12.3. The third kappa shape index (κ3) is 6.09. The summed E-state index contributed by atoms with van der Waals surface area (Å²) in [5, 5.41) is 5.94. The summed E-state index contributed by atoms with van der Waals surface area (Å²) >= 11 is 1.60. The molecule has 1 N–H and O–H groups in total. The van der Waals surface area contributed by atoms with Crippen molar-refractivity contribution in [2.24, 2.45) is 0 Å². The van der Waals surface area contributed by atoms with Gasteiger partial charge in [-0.3, -0.25) is 14.6 Å². The predicted molar refractivity (Wildman–Crippen MR) is 117 cm³/mol. The van der Waals surface area contributed by atoms with Crippen LogP contribution in [0.2, 0.25) is 0 Å². The molecule has 0 unspecified atom stereocenters. The molecule has 0 bridgehead atoms. The Hall–Kier alpha value is -1.80. The van der Waals surface area contributed by atoms with E-state index in [4.69, 9.17) is 0 Å². The van der Waals surface area contributed by atoms with Crippen molar-refractivity contribution in [1.29, 1.82) is 0 Å². The van der Waals surface area contributed by atoms with Crippen molar-refractivity contribution < 1.29 is 4.79 Å². The molecule has 6 nitrogen and oxygen atoms in total. The SMILES string of the molecule is O=C(NCCN1CCCC1)c1csc(CN2CCN(Cc3ccccc3)CC2)n1. The molecular weight excluding hydrogens is 382 g/mol. The first kappa shape index (κ1) is 20.5. The van der Waals surface area contributed by atoms with Gasteiger partial charge < -0.3 is 10.2 Å². The zero-order valence-corrected chi connectivity index (χ0v) is 17.9. The van der Waals surface area contributed by atoms with Gasteiger partial charge in [0.25, 0.3) is 5.91 Å². The second kappa shape index (κ2) is 10.3. The monoisotopic (exact) mass is 413 g/mol. The smallest absolute Gasteiger partial charge is 0.270 e. The molecule has 156 valence electrons. The molecule has 0 spiro atoms. The first-order valence-electron chi connectivity index (χ1n) is 10.7. The van der Waals surface area contributed by atoms with Crippen LogP contribution in [0.5, 0.6) is 0 Å². The quantitative estimate of drug-likeness (QED) is 0.720. The fraction of sp³-hybridized carbons (Fsp3) is 0.545. The molecule has 0 radical (unpaired) electrons. The van der Waals surface area contributed by atoms with E-state index in [1.165, 1.54) is 18.4 Å². The molecule has 2 aliphatic heterocycles. The van der Waals surface area contributed by atoms with Crippen molar-refractivity contribution in [1.82, 2.24) is 25.0 Å². The second-order valence-corrected chi connectivity index (χ2v) is 8.91. The summed E-state index contributed by atoms with van der Waals surface area (Å²) in [4.78, 5) is 24.3. The molecule has 0 saturated carbocycles. The van der Waals surface area contributed by atoms with E-state index < -0.39 is 0 Å². The highest BCUT2D eigenvalue weighted by molar-refractivity contribution is 7.09.